The first-order chi connectivity index (χ1) is 14.4. The van der Waals surface area contributed by atoms with E-state index in [2.05, 4.69) is 5.10 Å². The molecule has 0 saturated carbocycles. The molecule has 0 aliphatic rings. The fraction of sp³-hybridized carbons (Fsp3) is 0.238. The van der Waals surface area contributed by atoms with Crippen LogP contribution in [0.25, 0.3) is 0 Å². The van der Waals surface area contributed by atoms with Gasteiger partial charge in [-0.25, -0.2) is 13.1 Å². The van der Waals surface area contributed by atoms with Gasteiger partial charge in [0.1, 0.15) is 12.2 Å². The predicted octanol–water partition coefficient (Wildman–Crippen LogP) is 5.21. The lowest BCUT2D eigenvalue weighted by atomic mass is 10.0. The molecule has 10 heteroatoms. The summed E-state index contributed by atoms with van der Waals surface area (Å²) in [4.78, 5) is 13.4. The molecule has 0 spiro atoms. The normalized spacial score (nSPS) is 11.6. The smallest absolute Gasteiger partial charge is 0.223 e. The van der Waals surface area contributed by atoms with E-state index >= 15 is 0 Å². The lowest BCUT2D eigenvalue weighted by molar-refractivity contribution is 0.103. The number of sulfone groups is 1. The second kappa shape index (κ2) is 8.82. The number of hydrogen-bond donors (Lipinski definition) is 0. The van der Waals surface area contributed by atoms with Gasteiger partial charge in [0.05, 0.1) is 16.1 Å². The standard InChI is InChI=1S/C21H19Cl3N2O4S/c1-11-7-15(18(24)12(2)20(11)31(4,28)29)19(27)16-9-25-26(3)21(16)30-10-13-5-6-14(22)8-17(13)23/h5-9H,10H2,1-4H3. The first kappa shape index (κ1) is 23.6. The molecule has 1 heterocycles. The fourth-order valence-electron chi connectivity index (χ4n) is 3.36. The zero-order valence-electron chi connectivity index (χ0n) is 17.2. The van der Waals surface area contributed by atoms with Gasteiger partial charge < -0.3 is 4.74 Å². The Morgan fingerprint density at radius 2 is 1.81 bits per heavy atom. The summed E-state index contributed by atoms with van der Waals surface area (Å²) in [6.07, 6.45) is 2.49. The summed E-state index contributed by atoms with van der Waals surface area (Å²) in [7, 11) is -1.86. The number of carbonyl (C=O) groups is 1. The van der Waals surface area contributed by atoms with Gasteiger partial charge in [-0.3, -0.25) is 4.79 Å². The molecule has 1 aromatic heterocycles. The number of aromatic nitrogens is 2. The number of ketones is 1. The summed E-state index contributed by atoms with van der Waals surface area (Å²) < 4.78 is 31.5. The Hall–Kier alpha value is -2.06. The highest BCUT2D eigenvalue weighted by Crippen LogP contribution is 2.33. The Bertz CT molecular complexity index is 1300. The first-order valence-electron chi connectivity index (χ1n) is 9.05. The van der Waals surface area contributed by atoms with E-state index in [1.54, 1.807) is 39.1 Å². The van der Waals surface area contributed by atoms with Gasteiger partial charge >= 0.3 is 0 Å². The average molecular weight is 502 g/mol. The molecule has 0 aliphatic carbocycles. The minimum Gasteiger partial charge on any atom is -0.472 e. The number of ether oxygens (including phenoxy) is 1. The number of hydrogen-bond acceptors (Lipinski definition) is 5. The van der Waals surface area contributed by atoms with Crippen molar-refractivity contribution in [3.05, 3.63) is 73.3 Å². The molecule has 0 radical (unpaired) electrons. The first-order valence-corrected chi connectivity index (χ1v) is 12.1. The molecule has 3 aromatic rings. The Labute approximate surface area is 195 Å². The lowest BCUT2D eigenvalue weighted by Gasteiger charge is -2.14. The Balaban J connectivity index is 1.99. The third-order valence-corrected chi connectivity index (χ3v) is 7.19. The molecule has 0 bridgehead atoms. The molecule has 0 fully saturated rings. The van der Waals surface area contributed by atoms with E-state index in [1.807, 2.05) is 0 Å². The van der Waals surface area contributed by atoms with Gasteiger partial charge in [-0.05, 0) is 43.2 Å². The number of benzene rings is 2. The van der Waals surface area contributed by atoms with Crippen molar-refractivity contribution in [2.75, 3.05) is 6.26 Å². The molecule has 0 aliphatic heterocycles. The van der Waals surface area contributed by atoms with Gasteiger partial charge in [0.25, 0.3) is 0 Å². The maximum Gasteiger partial charge on any atom is 0.223 e. The van der Waals surface area contributed by atoms with Gasteiger partial charge in [-0.2, -0.15) is 5.10 Å². The van der Waals surface area contributed by atoms with Crippen LogP contribution in [0.5, 0.6) is 5.88 Å². The molecule has 6 nitrogen and oxygen atoms in total. The highest BCUT2D eigenvalue weighted by Gasteiger charge is 2.26. The van der Waals surface area contributed by atoms with E-state index in [1.165, 1.54) is 16.9 Å². The van der Waals surface area contributed by atoms with Crippen LogP contribution in [0.2, 0.25) is 15.1 Å². The topological polar surface area (TPSA) is 78.3 Å². The van der Waals surface area contributed by atoms with Gasteiger partial charge in [-0.1, -0.05) is 40.9 Å². The highest BCUT2D eigenvalue weighted by atomic mass is 35.5. The van der Waals surface area contributed by atoms with Crippen molar-refractivity contribution < 1.29 is 17.9 Å². The monoisotopic (exact) mass is 500 g/mol. The molecule has 2 aromatic carbocycles. The van der Waals surface area contributed by atoms with Gasteiger partial charge in [-0.15, -0.1) is 0 Å². The summed E-state index contributed by atoms with van der Waals surface area (Å²) in [6, 6.07) is 6.50. The van der Waals surface area contributed by atoms with Gasteiger partial charge in [0, 0.05) is 34.5 Å². The summed E-state index contributed by atoms with van der Waals surface area (Å²) in [5.41, 5.74) is 1.82. The van der Waals surface area contributed by atoms with Crippen LogP contribution in [0, 0.1) is 13.8 Å². The van der Waals surface area contributed by atoms with Gasteiger partial charge in [0.2, 0.25) is 11.7 Å². The number of carbonyl (C=O) groups excluding carboxylic acids is 1. The maximum atomic E-state index is 13.3. The average Bonchev–Trinajstić information content (AvgIpc) is 3.03. The van der Waals surface area contributed by atoms with Crippen LogP contribution in [0.4, 0.5) is 0 Å². The van der Waals surface area contributed by atoms with E-state index in [-0.39, 0.29) is 33.5 Å². The molecule has 164 valence electrons. The minimum atomic E-state index is -3.50. The molecular weight excluding hydrogens is 483 g/mol. The molecule has 31 heavy (non-hydrogen) atoms. The second-order valence-corrected chi connectivity index (χ2v) is 10.3. The van der Waals surface area contributed by atoms with Crippen molar-refractivity contribution in [3.8, 4) is 5.88 Å². The fourth-order valence-corrected chi connectivity index (χ4v) is 5.42. The van der Waals surface area contributed by atoms with Crippen molar-refractivity contribution in [2.45, 2.75) is 25.3 Å². The molecule has 0 unspecified atom stereocenters. The Morgan fingerprint density at radius 3 is 2.42 bits per heavy atom. The Kier molecular flexibility index (Phi) is 6.72. The van der Waals surface area contributed by atoms with Crippen molar-refractivity contribution in [1.29, 1.82) is 0 Å². The van der Waals surface area contributed by atoms with E-state index < -0.39 is 15.6 Å². The number of rotatable bonds is 6. The summed E-state index contributed by atoms with van der Waals surface area (Å²) in [5.74, 6) is -0.198. The molecule has 3 rings (SSSR count). The van der Waals surface area contributed by atoms with Crippen molar-refractivity contribution >= 4 is 50.4 Å². The van der Waals surface area contributed by atoms with E-state index in [9.17, 15) is 13.2 Å². The van der Waals surface area contributed by atoms with Crippen molar-refractivity contribution in [1.82, 2.24) is 9.78 Å². The number of nitrogens with zero attached hydrogens (tertiary/aromatic N) is 2. The predicted molar refractivity (Wildman–Crippen MR) is 121 cm³/mol. The van der Waals surface area contributed by atoms with Crippen LogP contribution in [-0.4, -0.2) is 30.2 Å². The third-order valence-electron chi connectivity index (χ3n) is 4.75. The van der Waals surface area contributed by atoms with Gasteiger partial charge in [0.15, 0.2) is 9.84 Å². The third kappa shape index (κ3) is 4.75. The van der Waals surface area contributed by atoms with Crippen LogP contribution in [0.3, 0.4) is 0 Å². The van der Waals surface area contributed by atoms with Crippen molar-refractivity contribution in [3.63, 3.8) is 0 Å². The maximum absolute atomic E-state index is 13.3. The van der Waals surface area contributed by atoms with Crippen LogP contribution in [0.15, 0.2) is 35.4 Å². The van der Waals surface area contributed by atoms with Crippen LogP contribution in [0.1, 0.15) is 32.6 Å². The van der Waals surface area contributed by atoms with Crippen LogP contribution in [-0.2, 0) is 23.5 Å². The molecule has 0 amide bonds. The van der Waals surface area contributed by atoms with Crippen LogP contribution < -0.4 is 4.74 Å². The molecule has 0 saturated heterocycles. The number of halogens is 3. The lowest BCUT2D eigenvalue weighted by Crippen LogP contribution is -2.11. The molecule has 0 N–H and O–H groups in total. The second-order valence-electron chi connectivity index (χ2n) is 7.12. The highest BCUT2D eigenvalue weighted by molar-refractivity contribution is 7.90. The largest absolute Gasteiger partial charge is 0.472 e. The summed E-state index contributed by atoms with van der Waals surface area (Å²) >= 11 is 18.5. The minimum absolute atomic E-state index is 0.0755. The molecule has 0 atom stereocenters. The zero-order chi connectivity index (χ0) is 23.1. The molecular formula is C21H19Cl3N2O4S. The van der Waals surface area contributed by atoms with Crippen molar-refractivity contribution in [2.24, 2.45) is 7.05 Å². The van der Waals surface area contributed by atoms with E-state index in [0.29, 0.717) is 26.7 Å². The quantitative estimate of drug-likeness (QED) is 0.433. The summed E-state index contributed by atoms with van der Waals surface area (Å²) in [6.45, 7) is 3.29. The Morgan fingerprint density at radius 1 is 1.13 bits per heavy atom. The van der Waals surface area contributed by atoms with E-state index in [4.69, 9.17) is 39.5 Å². The van der Waals surface area contributed by atoms with Crippen LogP contribution >= 0.6 is 34.8 Å². The summed E-state index contributed by atoms with van der Waals surface area (Å²) in [5, 5.41) is 5.14. The van der Waals surface area contributed by atoms with E-state index in [0.717, 1.165) is 6.26 Å². The number of aryl methyl sites for hydroxylation is 2. The zero-order valence-corrected chi connectivity index (χ0v) is 20.2. The SMILES string of the molecule is Cc1cc(C(=O)c2cnn(C)c2OCc2ccc(Cl)cc2Cl)c(Cl)c(C)c1S(C)(=O)=O.